The minimum absolute atomic E-state index is 0.106. The predicted molar refractivity (Wildman–Crippen MR) is 87.2 cm³/mol. The number of para-hydroxylation sites is 1. The summed E-state index contributed by atoms with van der Waals surface area (Å²) in [4.78, 5) is 15.8. The molecule has 3 aromatic rings. The highest BCUT2D eigenvalue weighted by molar-refractivity contribution is 9.10. The Bertz CT molecular complexity index is 927. The van der Waals surface area contributed by atoms with Gasteiger partial charge in [-0.05, 0) is 49.0 Å². The summed E-state index contributed by atoms with van der Waals surface area (Å²) in [6.07, 6.45) is 0. The first kappa shape index (κ1) is 13.3. The van der Waals surface area contributed by atoms with Crippen LogP contribution in [-0.4, -0.2) is 9.55 Å². The molecule has 5 heteroatoms. The molecule has 1 heterocycles. The third-order valence-electron chi connectivity index (χ3n) is 3.22. The Morgan fingerprint density at radius 2 is 1.95 bits per heavy atom. The van der Waals surface area contributed by atoms with Gasteiger partial charge in [0.05, 0.1) is 16.6 Å². The van der Waals surface area contributed by atoms with Crippen molar-refractivity contribution in [2.45, 2.75) is 6.92 Å². The maximum absolute atomic E-state index is 12.7. The number of hydrogen-bond acceptors (Lipinski definition) is 2. The zero-order valence-electron chi connectivity index (χ0n) is 10.7. The molecule has 0 atom stereocenters. The van der Waals surface area contributed by atoms with Crippen molar-refractivity contribution in [1.82, 2.24) is 9.55 Å². The molecule has 0 radical (unpaired) electrons. The zero-order chi connectivity index (χ0) is 14.3. The van der Waals surface area contributed by atoms with Crippen LogP contribution < -0.4 is 5.56 Å². The van der Waals surface area contributed by atoms with Crippen LogP contribution in [0, 0.1) is 11.7 Å². The van der Waals surface area contributed by atoms with Crippen molar-refractivity contribution >= 4 is 39.1 Å². The van der Waals surface area contributed by atoms with E-state index in [0.29, 0.717) is 10.2 Å². The van der Waals surface area contributed by atoms with Crippen LogP contribution in [0.3, 0.4) is 0 Å². The molecule has 2 aromatic carbocycles. The van der Waals surface area contributed by atoms with Gasteiger partial charge >= 0.3 is 0 Å². The largest absolute Gasteiger partial charge is 0.331 e. The third-order valence-corrected chi connectivity index (χ3v) is 4.00. The smallest absolute Gasteiger partial charge is 0.266 e. The van der Waals surface area contributed by atoms with Crippen molar-refractivity contribution in [2.75, 3.05) is 0 Å². The van der Waals surface area contributed by atoms with Gasteiger partial charge in [-0.25, -0.2) is 0 Å². The Balaban J connectivity index is 2.46. The van der Waals surface area contributed by atoms with E-state index in [0.717, 1.165) is 21.2 Å². The van der Waals surface area contributed by atoms with E-state index in [-0.39, 0.29) is 5.56 Å². The van der Waals surface area contributed by atoms with E-state index in [9.17, 15) is 4.79 Å². The molecule has 1 aromatic heterocycles. The minimum atomic E-state index is -0.106. The molecule has 0 aliphatic rings. The lowest BCUT2D eigenvalue weighted by molar-refractivity contribution is 0.930. The van der Waals surface area contributed by atoms with E-state index in [1.54, 1.807) is 6.07 Å². The van der Waals surface area contributed by atoms with Crippen LogP contribution in [0.4, 0.5) is 0 Å². The van der Waals surface area contributed by atoms with Gasteiger partial charge in [-0.3, -0.25) is 9.36 Å². The summed E-state index contributed by atoms with van der Waals surface area (Å²) in [5.41, 5.74) is 2.43. The molecule has 3 nitrogen and oxygen atoms in total. The van der Waals surface area contributed by atoms with Crippen LogP contribution in [0.15, 0.2) is 51.7 Å². The first-order valence-electron chi connectivity index (χ1n) is 6.08. The third kappa shape index (κ3) is 2.13. The fourth-order valence-electron chi connectivity index (χ4n) is 2.20. The number of hydrogen-bond donors (Lipinski definition) is 1. The molecule has 0 saturated heterocycles. The molecule has 100 valence electrons. The number of rotatable bonds is 1. The normalized spacial score (nSPS) is 10.9. The number of halogens is 1. The van der Waals surface area contributed by atoms with Crippen LogP contribution in [0.1, 0.15) is 5.56 Å². The Hall–Kier alpha value is -1.72. The van der Waals surface area contributed by atoms with Gasteiger partial charge in [0.2, 0.25) is 0 Å². The second-order valence-electron chi connectivity index (χ2n) is 4.55. The van der Waals surface area contributed by atoms with Crippen molar-refractivity contribution < 1.29 is 0 Å². The zero-order valence-corrected chi connectivity index (χ0v) is 13.1. The lowest BCUT2D eigenvalue weighted by atomic mass is 10.2. The van der Waals surface area contributed by atoms with Crippen molar-refractivity contribution in [1.29, 1.82) is 0 Å². The molecule has 0 unspecified atom stereocenters. The maximum atomic E-state index is 12.7. The second-order valence-corrected chi connectivity index (χ2v) is 5.85. The van der Waals surface area contributed by atoms with Gasteiger partial charge in [0.15, 0.2) is 4.77 Å². The van der Waals surface area contributed by atoms with Gasteiger partial charge in [-0.2, -0.15) is 0 Å². The van der Waals surface area contributed by atoms with Crippen molar-refractivity contribution in [2.24, 2.45) is 0 Å². The summed E-state index contributed by atoms with van der Waals surface area (Å²) >= 11 is 8.78. The predicted octanol–water partition coefficient (Wildman–Crippen LogP) is 4.12. The average molecular weight is 347 g/mol. The van der Waals surface area contributed by atoms with Gasteiger partial charge in [-0.15, -0.1) is 0 Å². The maximum Gasteiger partial charge on any atom is 0.266 e. The van der Waals surface area contributed by atoms with E-state index in [1.165, 1.54) is 4.57 Å². The van der Waals surface area contributed by atoms with Gasteiger partial charge in [0.25, 0.3) is 5.56 Å². The summed E-state index contributed by atoms with van der Waals surface area (Å²) in [7, 11) is 0. The van der Waals surface area contributed by atoms with E-state index >= 15 is 0 Å². The molecular weight excluding hydrogens is 336 g/mol. The lowest BCUT2D eigenvalue weighted by Gasteiger charge is -2.11. The summed E-state index contributed by atoms with van der Waals surface area (Å²) in [5.74, 6) is 0. The van der Waals surface area contributed by atoms with Gasteiger partial charge in [-0.1, -0.05) is 34.1 Å². The van der Waals surface area contributed by atoms with Crippen LogP contribution >= 0.6 is 28.1 Å². The number of aromatic amines is 1. The standard InChI is InChI=1S/C15H11BrN2OS/c1-9-6-7-10(16)8-13(9)18-14(19)11-4-2-3-5-12(11)17-15(18)20/h2-8H,1H3,(H,17,20). The number of aryl methyl sites for hydroxylation is 1. The molecule has 20 heavy (non-hydrogen) atoms. The topological polar surface area (TPSA) is 37.8 Å². The highest BCUT2D eigenvalue weighted by Gasteiger charge is 2.09. The van der Waals surface area contributed by atoms with Gasteiger partial charge in [0.1, 0.15) is 0 Å². The van der Waals surface area contributed by atoms with E-state index < -0.39 is 0 Å². The molecule has 0 spiro atoms. The summed E-state index contributed by atoms with van der Waals surface area (Å²) < 4.78 is 2.85. The van der Waals surface area contributed by atoms with Gasteiger partial charge in [0, 0.05) is 4.47 Å². The van der Waals surface area contributed by atoms with Crippen molar-refractivity contribution in [3.05, 3.63) is 67.6 Å². The molecule has 0 aliphatic heterocycles. The van der Waals surface area contributed by atoms with Gasteiger partial charge < -0.3 is 4.98 Å². The number of benzene rings is 2. The highest BCUT2D eigenvalue weighted by atomic mass is 79.9. The van der Waals surface area contributed by atoms with Crippen LogP contribution in [-0.2, 0) is 0 Å². The number of H-pyrrole nitrogens is 1. The van der Waals surface area contributed by atoms with Crippen LogP contribution in [0.25, 0.3) is 16.6 Å². The molecule has 3 rings (SSSR count). The SMILES string of the molecule is Cc1ccc(Br)cc1-n1c(=S)[nH]c2ccccc2c1=O. The summed E-state index contributed by atoms with van der Waals surface area (Å²) in [5, 5.41) is 0.625. The lowest BCUT2D eigenvalue weighted by Crippen LogP contribution is -2.21. The highest BCUT2D eigenvalue weighted by Crippen LogP contribution is 2.19. The molecular formula is C15H11BrN2OS. The molecule has 1 N–H and O–H groups in total. The molecule has 0 fully saturated rings. The quantitative estimate of drug-likeness (QED) is 0.673. The molecule has 0 saturated carbocycles. The summed E-state index contributed by atoms with van der Waals surface area (Å²) in [6, 6.07) is 13.2. The van der Waals surface area contributed by atoms with E-state index in [1.807, 2.05) is 43.3 Å². The Kier molecular flexibility index (Phi) is 3.31. The Labute approximate surface area is 129 Å². The fourth-order valence-corrected chi connectivity index (χ4v) is 2.84. The first-order valence-corrected chi connectivity index (χ1v) is 7.28. The Morgan fingerprint density at radius 3 is 2.75 bits per heavy atom. The number of fused-ring (bicyclic) bond motifs is 1. The van der Waals surface area contributed by atoms with E-state index in [2.05, 4.69) is 20.9 Å². The molecule has 0 bridgehead atoms. The van der Waals surface area contributed by atoms with E-state index in [4.69, 9.17) is 12.2 Å². The van der Waals surface area contributed by atoms with Crippen LogP contribution in [0.2, 0.25) is 0 Å². The summed E-state index contributed by atoms with van der Waals surface area (Å²) in [6.45, 7) is 1.96. The second kappa shape index (κ2) is 5.00. The first-order chi connectivity index (χ1) is 9.58. The number of nitrogens with one attached hydrogen (secondary N) is 1. The molecule has 0 amide bonds. The van der Waals surface area contributed by atoms with Crippen LogP contribution in [0.5, 0.6) is 0 Å². The minimum Gasteiger partial charge on any atom is -0.331 e. The average Bonchev–Trinajstić information content (AvgIpc) is 2.42. The van der Waals surface area contributed by atoms with Crippen molar-refractivity contribution in [3.63, 3.8) is 0 Å². The van der Waals surface area contributed by atoms with Crippen molar-refractivity contribution in [3.8, 4) is 5.69 Å². The molecule has 0 aliphatic carbocycles. The Morgan fingerprint density at radius 1 is 1.20 bits per heavy atom. The fraction of sp³-hybridized carbons (Fsp3) is 0.0667. The number of aromatic nitrogens is 2. The monoisotopic (exact) mass is 346 g/mol. The number of nitrogens with zero attached hydrogens (tertiary/aromatic N) is 1.